The average molecular weight is 268 g/mol. The minimum absolute atomic E-state index is 0.0827. The van der Waals surface area contributed by atoms with Crippen molar-refractivity contribution in [3.05, 3.63) is 24.3 Å². The third-order valence-electron chi connectivity index (χ3n) is 2.41. The van der Waals surface area contributed by atoms with Crippen molar-refractivity contribution in [2.75, 3.05) is 26.4 Å². The van der Waals surface area contributed by atoms with Crippen LogP contribution >= 0.6 is 0 Å². The Morgan fingerprint density at radius 2 is 1.89 bits per heavy atom. The number of hydrogen-bond acceptors (Lipinski definition) is 6. The summed E-state index contributed by atoms with van der Waals surface area (Å²) >= 11 is 0. The predicted molar refractivity (Wildman–Crippen MR) is 65.1 cm³/mol. The lowest BCUT2D eigenvalue weighted by Crippen LogP contribution is -2.06. The minimum atomic E-state index is 0.0827. The number of carbonyl (C=O) groups excluding carboxylic acids is 1. The average Bonchev–Trinajstić information content (AvgIpc) is 3.25. The van der Waals surface area contributed by atoms with Crippen LogP contribution in [-0.2, 0) is 19.0 Å². The smallest absolute Gasteiger partial charge is 0.298 e. The molecule has 6 nitrogen and oxygen atoms in total. The molecule has 2 atom stereocenters. The van der Waals surface area contributed by atoms with Gasteiger partial charge in [0.15, 0.2) is 0 Å². The van der Waals surface area contributed by atoms with E-state index in [1.807, 2.05) is 0 Å². The van der Waals surface area contributed by atoms with Crippen LogP contribution in [0.15, 0.2) is 24.3 Å². The van der Waals surface area contributed by atoms with E-state index in [4.69, 9.17) is 19.3 Å². The van der Waals surface area contributed by atoms with Crippen LogP contribution in [0.5, 0.6) is 11.5 Å². The summed E-state index contributed by atoms with van der Waals surface area (Å²) < 4.78 is 19.6. The molecule has 0 saturated carbocycles. The van der Waals surface area contributed by atoms with Crippen LogP contribution in [0.4, 0.5) is 0 Å². The molecule has 0 bridgehead atoms. The van der Waals surface area contributed by atoms with Crippen molar-refractivity contribution in [2.24, 2.45) is 0 Å². The molecule has 1 aromatic carbocycles. The summed E-state index contributed by atoms with van der Waals surface area (Å²) in [7, 11) is 0. The SMILES string of the molecule is C(OCC1CO1)C1CO1.O=COc1cccc(O)c1. The second kappa shape index (κ2) is 7.08. The molecular weight excluding hydrogens is 252 g/mol. The van der Waals surface area contributed by atoms with E-state index in [9.17, 15) is 4.79 Å². The zero-order valence-corrected chi connectivity index (χ0v) is 10.4. The van der Waals surface area contributed by atoms with E-state index in [0.29, 0.717) is 24.4 Å². The van der Waals surface area contributed by atoms with Gasteiger partial charge in [0.05, 0.1) is 26.4 Å². The Morgan fingerprint density at radius 3 is 2.37 bits per heavy atom. The van der Waals surface area contributed by atoms with E-state index in [-0.39, 0.29) is 5.75 Å². The van der Waals surface area contributed by atoms with Gasteiger partial charge in [-0.2, -0.15) is 0 Å². The number of hydrogen-bond donors (Lipinski definition) is 1. The summed E-state index contributed by atoms with van der Waals surface area (Å²) in [5.74, 6) is 0.425. The Balaban J connectivity index is 0.000000141. The maximum Gasteiger partial charge on any atom is 0.298 e. The molecule has 0 aromatic heterocycles. The quantitative estimate of drug-likeness (QED) is 0.605. The third-order valence-corrected chi connectivity index (χ3v) is 2.41. The third kappa shape index (κ3) is 6.19. The highest BCUT2D eigenvalue weighted by molar-refractivity contribution is 5.46. The summed E-state index contributed by atoms with van der Waals surface area (Å²) in [6.45, 7) is 3.57. The first-order valence-electron chi connectivity index (χ1n) is 5.98. The molecule has 1 aromatic rings. The van der Waals surface area contributed by atoms with Crippen molar-refractivity contribution in [1.29, 1.82) is 0 Å². The molecule has 2 unspecified atom stereocenters. The van der Waals surface area contributed by atoms with E-state index in [1.54, 1.807) is 12.1 Å². The van der Waals surface area contributed by atoms with E-state index in [2.05, 4.69) is 4.74 Å². The number of epoxide rings is 2. The molecule has 3 rings (SSSR count). The lowest BCUT2D eigenvalue weighted by atomic mass is 10.3. The van der Waals surface area contributed by atoms with Crippen LogP contribution in [0, 0.1) is 0 Å². The van der Waals surface area contributed by atoms with Gasteiger partial charge >= 0.3 is 0 Å². The van der Waals surface area contributed by atoms with Gasteiger partial charge in [0.1, 0.15) is 23.7 Å². The van der Waals surface area contributed by atoms with Crippen LogP contribution in [0.3, 0.4) is 0 Å². The molecular formula is C13H16O6. The number of rotatable bonds is 6. The molecule has 2 aliphatic rings. The highest BCUT2D eigenvalue weighted by Crippen LogP contribution is 2.16. The van der Waals surface area contributed by atoms with Gasteiger partial charge in [0.2, 0.25) is 0 Å². The maximum absolute atomic E-state index is 9.78. The van der Waals surface area contributed by atoms with Crippen LogP contribution < -0.4 is 4.74 Å². The first kappa shape index (κ1) is 13.8. The first-order valence-corrected chi connectivity index (χ1v) is 5.98. The number of ether oxygens (including phenoxy) is 4. The van der Waals surface area contributed by atoms with E-state index in [1.165, 1.54) is 12.1 Å². The highest BCUT2D eigenvalue weighted by Gasteiger charge is 2.26. The lowest BCUT2D eigenvalue weighted by Gasteiger charge is -1.95. The molecule has 19 heavy (non-hydrogen) atoms. The lowest BCUT2D eigenvalue weighted by molar-refractivity contribution is -0.120. The van der Waals surface area contributed by atoms with Gasteiger partial charge in [-0.3, -0.25) is 4.79 Å². The fraction of sp³-hybridized carbons (Fsp3) is 0.462. The second-order valence-corrected chi connectivity index (χ2v) is 4.16. The number of carbonyl (C=O) groups is 1. The summed E-state index contributed by atoms with van der Waals surface area (Å²) in [6.07, 6.45) is 0.785. The number of aromatic hydroxyl groups is 1. The summed E-state index contributed by atoms with van der Waals surface area (Å²) in [5.41, 5.74) is 0. The fourth-order valence-electron chi connectivity index (χ4n) is 1.27. The molecule has 104 valence electrons. The molecule has 2 aliphatic heterocycles. The Bertz CT molecular complexity index is 388. The Labute approximate surface area is 110 Å². The van der Waals surface area contributed by atoms with Gasteiger partial charge in [-0.25, -0.2) is 0 Å². The fourth-order valence-corrected chi connectivity index (χ4v) is 1.27. The molecule has 2 heterocycles. The number of benzene rings is 1. The van der Waals surface area contributed by atoms with Crippen molar-refractivity contribution < 1.29 is 28.8 Å². The maximum atomic E-state index is 9.78. The predicted octanol–water partition coefficient (Wildman–Crippen LogP) is 0.728. The van der Waals surface area contributed by atoms with Gasteiger partial charge in [0, 0.05) is 6.07 Å². The van der Waals surface area contributed by atoms with Crippen molar-refractivity contribution in [3.63, 3.8) is 0 Å². The Kier molecular flexibility index (Phi) is 5.14. The summed E-state index contributed by atoms with van der Waals surface area (Å²) in [4.78, 5) is 9.78. The van der Waals surface area contributed by atoms with Crippen molar-refractivity contribution >= 4 is 6.47 Å². The van der Waals surface area contributed by atoms with Gasteiger partial charge in [-0.1, -0.05) is 6.07 Å². The zero-order valence-electron chi connectivity index (χ0n) is 10.4. The van der Waals surface area contributed by atoms with Crippen molar-refractivity contribution in [3.8, 4) is 11.5 Å². The summed E-state index contributed by atoms with van der Waals surface area (Å²) in [6, 6.07) is 6.02. The van der Waals surface area contributed by atoms with E-state index in [0.717, 1.165) is 26.4 Å². The normalized spacial score (nSPS) is 22.9. The second-order valence-electron chi connectivity index (χ2n) is 4.16. The molecule has 0 aliphatic carbocycles. The molecule has 0 radical (unpaired) electrons. The van der Waals surface area contributed by atoms with Gasteiger partial charge in [0.25, 0.3) is 6.47 Å². The van der Waals surface area contributed by atoms with Crippen LogP contribution in [0.2, 0.25) is 0 Å². The van der Waals surface area contributed by atoms with Crippen molar-refractivity contribution in [1.82, 2.24) is 0 Å². The first-order chi connectivity index (χ1) is 9.28. The van der Waals surface area contributed by atoms with E-state index < -0.39 is 0 Å². The van der Waals surface area contributed by atoms with E-state index >= 15 is 0 Å². The molecule has 6 heteroatoms. The van der Waals surface area contributed by atoms with Crippen LogP contribution in [-0.4, -0.2) is 50.2 Å². The van der Waals surface area contributed by atoms with Gasteiger partial charge < -0.3 is 24.1 Å². The van der Waals surface area contributed by atoms with Crippen LogP contribution in [0.1, 0.15) is 0 Å². The van der Waals surface area contributed by atoms with Crippen molar-refractivity contribution in [2.45, 2.75) is 12.2 Å². The largest absolute Gasteiger partial charge is 0.508 e. The molecule has 2 saturated heterocycles. The number of phenolic OH excluding ortho intramolecular Hbond substituents is 1. The summed E-state index contributed by atoms with van der Waals surface area (Å²) in [5, 5.41) is 8.84. The minimum Gasteiger partial charge on any atom is -0.508 e. The number of phenols is 1. The molecule has 1 N–H and O–H groups in total. The Morgan fingerprint density at radius 1 is 1.26 bits per heavy atom. The molecule has 0 amide bonds. The van der Waals surface area contributed by atoms with Gasteiger partial charge in [-0.15, -0.1) is 0 Å². The molecule has 2 fully saturated rings. The monoisotopic (exact) mass is 268 g/mol. The molecule has 0 spiro atoms. The Hall–Kier alpha value is -1.63. The zero-order chi connectivity index (χ0) is 13.5. The van der Waals surface area contributed by atoms with Gasteiger partial charge in [-0.05, 0) is 12.1 Å². The van der Waals surface area contributed by atoms with Crippen LogP contribution in [0.25, 0.3) is 0 Å². The topological polar surface area (TPSA) is 80.8 Å². The highest BCUT2D eigenvalue weighted by atomic mass is 16.6. The standard InChI is InChI=1S/C7H6O3.C6H10O3/c8-5-10-7-3-1-2-6(9)4-7;1(5-3-8-5)7-2-6-4-9-6/h1-5,9H;5-6H,1-4H2.